The zero-order valence-electron chi connectivity index (χ0n) is 11.2. The molecule has 1 aromatic carbocycles. The van der Waals surface area contributed by atoms with Crippen LogP contribution in [0, 0.1) is 3.57 Å². The van der Waals surface area contributed by atoms with Gasteiger partial charge < -0.3 is 4.90 Å². The molecule has 0 N–H and O–H groups in total. The van der Waals surface area contributed by atoms with E-state index in [0.29, 0.717) is 5.17 Å². The highest BCUT2D eigenvalue weighted by molar-refractivity contribution is 14.1. The highest BCUT2D eigenvalue weighted by Crippen LogP contribution is 2.42. The topological polar surface area (TPSA) is 66.8 Å². The van der Waals surface area contributed by atoms with E-state index in [9.17, 15) is 13.2 Å². The number of sulfone groups is 1. The summed E-state index contributed by atoms with van der Waals surface area (Å²) in [6.45, 7) is 1.41. The average molecular weight is 436 g/mol. The van der Waals surface area contributed by atoms with E-state index in [1.54, 1.807) is 0 Å². The predicted octanol–water partition coefficient (Wildman–Crippen LogP) is 1.91. The van der Waals surface area contributed by atoms with Gasteiger partial charge in [-0.3, -0.25) is 4.79 Å². The summed E-state index contributed by atoms with van der Waals surface area (Å²) >= 11 is 3.61. The number of benzene rings is 1. The summed E-state index contributed by atoms with van der Waals surface area (Å²) < 4.78 is 24.8. The first-order chi connectivity index (χ1) is 9.87. The number of hydrogen-bond donors (Lipinski definition) is 0. The molecule has 3 rings (SSSR count). The first-order valence-electron chi connectivity index (χ1n) is 6.37. The molecule has 0 aromatic heterocycles. The number of rotatable bonds is 1. The van der Waals surface area contributed by atoms with Gasteiger partial charge >= 0.3 is 0 Å². The van der Waals surface area contributed by atoms with E-state index in [1.807, 2.05) is 29.2 Å². The number of amidine groups is 1. The van der Waals surface area contributed by atoms with Crippen molar-refractivity contribution >= 4 is 61.0 Å². The lowest BCUT2D eigenvalue weighted by Gasteiger charge is -2.25. The van der Waals surface area contributed by atoms with Gasteiger partial charge in [-0.2, -0.15) is 4.99 Å². The fourth-order valence-electron chi connectivity index (χ4n) is 2.63. The molecule has 2 heterocycles. The second kappa shape index (κ2) is 5.54. The number of aliphatic imine (C=N–C) groups is 1. The number of anilines is 1. The zero-order valence-corrected chi connectivity index (χ0v) is 15.0. The number of nitrogens with zero attached hydrogens (tertiary/aromatic N) is 2. The summed E-state index contributed by atoms with van der Waals surface area (Å²) in [4.78, 5) is 17.4. The Labute approximate surface area is 141 Å². The standard InChI is InChI=1S/C13H13IN2O3S2/c1-8(17)15-13-16(10-5-3-2-4-9(10)14)11-6-21(18,19)7-12(11)20-13/h2-5,11-12H,6-7H2,1H3/t11-,12-/m1/s1. The number of halogens is 1. The third kappa shape index (κ3) is 2.98. The Morgan fingerprint density at radius 2 is 2.10 bits per heavy atom. The van der Waals surface area contributed by atoms with Crippen molar-refractivity contribution in [1.82, 2.24) is 0 Å². The van der Waals surface area contributed by atoms with Gasteiger partial charge in [0.2, 0.25) is 5.91 Å². The Morgan fingerprint density at radius 1 is 1.38 bits per heavy atom. The molecule has 112 valence electrons. The van der Waals surface area contributed by atoms with E-state index in [4.69, 9.17) is 0 Å². The van der Waals surface area contributed by atoms with Crippen LogP contribution >= 0.6 is 34.4 Å². The molecule has 2 aliphatic heterocycles. The Hall–Kier alpha value is -0.610. The first kappa shape index (κ1) is 15.3. The van der Waals surface area contributed by atoms with Crippen molar-refractivity contribution in [3.63, 3.8) is 0 Å². The summed E-state index contributed by atoms with van der Waals surface area (Å²) in [6, 6.07) is 7.59. The van der Waals surface area contributed by atoms with Gasteiger partial charge in [0.05, 0.1) is 23.2 Å². The highest BCUT2D eigenvalue weighted by Gasteiger charge is 2.49. The largest absolute Gasteiger partial charge is 0.315 e. The lowest BCUT2D eigenvalue weighted by atomic mass is 10.2. The molecule has 0 radical (unpaired) electrons. The number of para-hydroxylation sites is 1. The Bertz CT molecular complexity index is 733. The Morgan fingerprint density at radius 3 is 2.76 bits per heavy atom. The maximum absolute atomic E-state index is 11.9. The summed E-state index contributed by atoms with van der Waals surface area (Å²) in [5.74, 6) is 0.00224. The molecule has 2 fully saturated rings. The highest BCUT2D eigenvalue weighted by atomic mass is 127. The lowest BCUT2D eigenvalue weighted by Crippen LogP contribution is -2.38. The molecule has 0 saturated carbocycles. The van der Waals surface area contributed by atoms with E-state index in [2.05, 4.69) is 27.6 Å². The Balaban J connectivity index is 2.07. The van der Waals surface area contributed by atoms with E-state index in [0.717, 1.165) is 9.26 Å². The number of fused-ring (bicyclic) bond motifs is 1. The summed E-state index contributed by atoms with van der Waals surface area (Å²) in [7, 11) is -3.02. The van der Waals surface area contributed by atoms with Crippen LogP contribution in [0.15, 0.2) is 29.3 Å². The average Bonchev–Trinajstić information content (AvgIpc) is 2.81. The fraction of sp³-hybridized carbons (Fsp3) is 0.385. The van der Waals surface area contributed by atoms with Gasteiger partial charge in [-0.25, -0.2) is 8.42 Å². The molecular formula is C13H13IN2O3S2. The first-order valence-corrected chi connectivity index (χ1v) is 10.2. The molecule has 8 heteroatoms. The molecule has 2 saturated heterocycles. The molecule has 21 heavy (non-hydrogen) atoms. The van der Waals surface area contributed by atoms with Crippen molar-refractivity contribution in [1.29, 1.82) is 0 Å². The molecule has 1 amide bonds. The van der Waals surface area contributed by atoms with Crippen LogP contribution in [0.4, 0.5) is 5.69 Å². The second-order valence-corrected chi connectivity index (χ2v) is 9.56. The molecular weight excluding hydrogens is 423 g/mol. The monoisotopic (exact) mass is 436 g/mol. The molecule has 2 atom stereocenters. The fourth-order valence-corrected chi connectivity index (χ4v) is 7.23. The van der Waals surface area contributed by atoms with Gasteiger partial charge in [0.1, 0.15) is 0 Å². The molecule has 0 unspecified atom stereocenters. The van der Waals surface area contributed by atoms with E-state index < -0.39 is 9.84 Å². The van der Waals surface area contributed by atoms with E-state index >= 15 is 0 Å². The van der Waals surface area contributed by atoms with Crippen LogP contribution in [0.1, 0.15) is 6.92 Å². The van der Waals surface area contributed by atoms with Crippen LogP contribution in [0.3, 0.4) is 0 Å². The van der Waals surface area contributed by atoms with Crippen LogP contribution in [0.5, 0.6) is 0 Å². The summed E-state index contributed by atoms with van der Waals surface area (Å²) in [5, 5.41) is 0.556. The molecule has 0 spiro atoms. The van der Waals surface area contributed by atoms with Gasteiger partial charge in [0.25, 0.3) is 0 Å². The number of amides is 1. The van der Waals surface area contributed by atoms with Gasteiger partial charge in [-0.15, -0.1) is 0 Å². The summed E-state index contributed by atoms with van der Waals surface area (Å²) in [5.41, 5.74) is 0.912. The molecule has 1 aromatic rings. The summed E-state index contributed by atoms with van der Waals surface area (Å²) in [6.07, 6.45) is 0. The predicted molar refractivity (Wildman–Crippen MR) is 93.6 cm³/mol. The van der Waals surface area contributed by atoms with E-state index in [1.165, 1.54) is 18.7 Å². The van der Waals surface area contributed by atoms with Crippen molar-refractivity contribution < 1.29 is 13.2 Å². The van der Waals surface area contributed by atoms with E-state index in [-0.39, 0.29) is 28.7 Å². The quantitative estimate of drug-likeness (QED) is 0.630. The normalized spacial score (nSPS) is 28.9. The van der Waals surface area contributed by atoms with Gasteiger partial charge in [-0.05, 0) is 34.7 Å². The van der Waals surface area contributed by atoms with Crippen molar-refractivity contribution in [3.8, 4) is 0 Å². The lowest BCUT2D eigenvalue weighted by molar-refractivity contribution is -0.115. The van der Waals surface area contributed by atoms with Crippen LogP contribution < -0.4 is 4.90 Å². The smallest absolute Gasteiger partial charge is 0.244 e. The van der Waals surface area contributed by atoms with Crippen molar-refractivity contribution in [2.24, 2.45) is 4.99 Å². The van der Waals surface area contributed by atoms with Crippen LogP contribution in [-0.4, -0.2) is 42.3 Å². The van der Waals surface area contributed by atoms with Gasteiger partial charge in [-0.1, -0.05) is 23.9 Å². The molecule has 0 bridgehead atoms. The molecule has 0 aliphatic carbocycles. The number of hydrogen-bond acceptors (Lipinski definition) is 4. The van der Waals surface area contributed by atoms with Gasteiger partial charge in [0, 0.05) is 15.7 Å². The number of carbonyl (C=O) groups excluding carboxylic acids is 1. The molecule has 2 aliphatic rings. The SMILES string of the molecule is CC(=O)N=C1S[C@@H]2CS(=O)(=O)C[C@H]2N1c1ccccc1I. The Kier molecular flexibility index (Phi) is 4.04. The van der Waals surface area contributed by atoms with Crippen LogP contribution in [0.25, 0.3) is 0 Å². The number of carbonyl (C=O) groups is 1. The maximum atomic E-state index is 11.9. The minimum absolute atomic E-state index is 0.0518. The van der Waals surface area contributed by atoms with Crippen molar-refractivity contribution in [3.05, 3.63) is 27.8 Å². The van der Waals surface area contributed by atoms with Crippen molar-refractivity contribution in [2.45, 2.75) is 18.2 Å². The maximum Gasteiger partial charge on any atom is 0.244 e. The third-order valence-electron chi connectivity index (χ3n) is 3.43. The minimum atomic E-state index is -3.02. The van der Waals surface area contributed by atoms with Crippen LogP contribution in [0.2, 0.25) is 0 Å². The van der Waals surface area contributed by atoms with Gasteiger partial charge in [0.15, 0.2) is 15.0 Å². The third-order valence-corrected chi connectivity index (χ3v) is 7.55. The van der Waals surface area contributed by atoms with Crippen LogP contribution in [-0.2, 0) is 14.6 Å². The molecule has 5 nitrogen and oxygen atoms in total. The van der Waals surface area contributed by atoms with Crippen molar-refractivity contribution in [2.75, 3.05) is 16.4 Å². The number of thioether (sulfide) groups is 1. The second-order valence-electron chi connectivity index (χ2n) is 5.04. The zero-order chi connectivity index (χ0) is 15.2. The minimum Gasteiger partial charge on any atom is -0.315 e.